The molecule has 2 aromatic heterocycles. The molecule has 1 N–H and O–H groups in total. The average molecular weight is 339 g/mol. The molecule has 7 heteroatoms. The molecule has 3 aromatic rings. The van der Waals surface area contributed by atoms with Gasteiger partial charge in [0.2, 0.25) is 11.7 Å². The molecule has 0 aliphatic carbocycles. The van der Waals surface area contributed by atoms with E-state index in [1.807, 2.05) is 35.0 Å². The molecular weight excluding hydrogens is 322 g/mol. The van der Waals surface area contributed by atoms with Crippen LogP contribution in [-0.2, 0) is 16.1 Å². The molecule has 0 saturated carbocycles. The van der Waals surface area contributed by atoms with Crippen LogP contribution in [0.3, 0.4) is 0 Å². The van der Waals surface area contributed by atoms with Gasteiger partial charge in [0, 0.05) is 29.6 Å². The number of nitrogens with one attached hydrogen (secondary N) is 1. The summed E-state index contributed by atoms with van der Waals surface area (Å²) >= 11 is 0. The number of aromatic nitrogens is 1. The summed E-state index contributed by atoms with van der Waals surface area (Å²) in [4.78, 5) is 22.4. The van der Waals surface area contributed by atoms with Crippen molar-refractivity contribution in [2.75, 3.05) is 7.11 Å². The lowest BCUT2D eigenvalue weighted by atomic mass is 10.2. The van der Waals surface area contributed by atoms with Crippen LogP contribution in [0.1, 0.15) is 28.8 Å². The number of fused-ring (bicyclic) bond motifs is 1. The molecule has 0 unspecified atom stereocenters. The van der Waals surface area contributed by atoms with E-state index in [-0.39, 0.29) is 11.7 Å². The van der Waals surface area contributed by atoms with E-state index in [2.05, 4.69) is 15.3 Å². The Morgan fingerprint density at radius 1 is 1.28 bits per heavy atom. The van der Waals surface area contributed by atoms with Crippen LogP contribution in [0.4, 0.5) is 0 Å². The molecule has 0 bridgehead atoms. The van der Waals surface area contributed by atoms with Gasteiger partial charge in [-0.2, -0.15) is 5.10 Å². The number of carbonyl (C=O) groups is 2. The molecule has 1 aromatic carbocycles. The molecule has 7 nitrogen and oxygen atoms in total. The SMILES string of the molecule is COC(=O)c1ccc(Cn2cc(/C=N\NC(C)=O)c3ccccc32)o1. The normalized spacial score (nSPS) is 11.1. The van der Waals surface area contributed by atoms with E-state index < -0.39 is 5.97 Å². The van der Waals surface area contributed by atoms with Crippen LogP contribution < -0.4 is 5.43 Å². The topological polar surface area (TPSA) is 85.8 Å². The van der Waals surface area contributed by atoms with Gasteiger partial charge in [0.25, 0.3) is 0 Å². The van der Waals surface area contributed by atoms with E-state index >= 15 is 0 Å². The Morgan fingerprint density at radius 3 is 2.84 bits per heavy atom. The van der Waals surface area contributed by atoms with Crippen molar-refractivity contribution < 1.29 is 18.7 Å². The van der Waals surface area contributed by atoms with Crippen LogP contribution in [0, 0.1) is 0 Å². The fourth-order valence-electron chi connectivity index (χ4n) is 2.54. The summed E-state index contributed by atoms with van der Waals surface area (Å²) in [5.41, 5.74) is 4.24. The van der Waals surface area contributed by atoms with E-state index in [1.54, 1.807) is 18.3 Å². The van der Waals surface area contributed by atoms with Crippen LogP contribution in [0.25, 0.3) is 10.9 Å². The highest BCUT2D eigenvalue weighted by Gasteiger charge is 2.13. The number of para-hydroxylation sites is 1. The smallest absolute Gasteiger partial charge is 0.373 e. The van der Waals surface area contributed by atoms with Gasteiger partial charge in [-0.05, 0) is 18.2 Å². The predicted octanol–water partition coefficient (Wildman–Crippen LogP) is 2.54. The van der Waals surface area contributed by atoms with Gasteiger partial charge in [0.1, 0.15) is 5.76 Å². The number of furan rings is 1. The van der Waals surface area contributed by atoms with Crippen molar-refractivity contribution in [3.8, 4) is 0 Å². The van der Waals surface area contributed by atoms with Gasteiger partial charge in [0.15, 0.2) is 0 Å². The molecule has 1 amide bonds. The first kappa shape index (κ1) is 16.5. The third kappa shape index (κ3) is 3.60. The van der Waals surface area contributed by atoms with Crippen LogP contribution in [-0.4, -0.2) is 29.8 Å². The van der Waals surface area contributed by atoms with Crippen molar-refractivity contribution in [1.29, 1.82) is 0 Å². The zero-order valence-corrected chi connectivity index (χ0v) is 13.9. The van der Waals surface area contributed by atoms with Gasteiger partial charge in [-0.15, -0.1) is 0 Å². The summed E-state index contributed by atoms with van der Waals surface area (Å²) < 4.78 is 12.2. The maximum Gasteiger partial charge on any atom is 0.373 e. The van der Waals surface area contributed by atoms with E-state index in [0.29, 0.717) is 12.3 Å². The van der Waals surface area contributed by atoms with Crippen molar-refractivity contribution in [1.82, 2.24) is 9.99 Å². The largest absolute Gasteiger partial charge is 0.463 e. The number of methoxy groups -OCH3 is 1. The summed E-state index contributed by atoms with van der Waals surface area (Å²) in [6, 6.07) is 11.2. The lowest BCUT2D eigenvalue weighted by Gasteiger charge is -2.02. The lowest BCUT2D eigenvalue weighted by Crippen LogP contribution is -2.12. The zero-order valence-electron chi connectivity index (χ0n) is 13.9. The van der Waals surface area contributed by atoms with Crippen LogP contribution in [0.5, 0.6) is 0 Å². The van der Waals surface area contributed by atoms with Crippen molar-refractivity contribution in [3.63, 3.8) is 0 Å². The number of amides is 1. The zero-order chi connectivity index (χ0) is 17.8. The van der Waals surface area contributed by atoms with Crippen molar-refractivity contribution in [3.05, 3.63) is 59.7 Å². The van der Waals surface area contributed by atoms with Gasteiger partial charge in [-0.1, -0.05) is 18.2 Å². The summed E-state index contributed by atoms with van der Waals surface area (Å²) in [6.45, 7) is 1.85. The fourth-order valence-corrected chi connectivity index (χ4v) is 2.54. The second-order valence-corrected chi connectivity index (χ2v) is 5.41. The maximum atomic E-state index is 11.5. The Kier molecular flexibility index (Phi) is 4.65. The molecule has 2 heterocycles. The molecular formula is C18H17N3O4. The monoisotopic (exact) mass is 339 g/mol. The molecule has 0 radical (unpaired) electrons. The van der Waals surface area contributed by atoms with Crippen molar-refractivity contribution in [2.24, 2.45) is 5.10 Å². The molecule has 0 aliphatic rings. The summed E-state index contributed by atoms with van der Waals surface area (Å²) in [5.74, 6) is 0.0607. The third-order valence-corrected chi connectivity index (χ3v) is 3.62. The minimum atomic E-state index is -0.508. The number of hydrogen-bond donors (Lipinski definition) is 1. The first-order valence-electron chi connectivity index (χ1n) is 7.63. The number of esters is 1. The Hall–Kier alpha value is -3.35. The minimum Gasteiger partial charge on any atom is -0.463 e. The van der Waals surface area contributed by atoms with E-state index in [9.17, 15) is 9.59 Å². The Labute approximate surface area is 143 Å². The summed E-state index contributed by atoms with van der Waals surface area (Å²) in [5, 5.41) is 4.92. The molecule has 0 atom stereocenters. The van der Waals surface area contributed by atoms with Crippen LogP contribution in [0.2, 0.25) is 0 Å². The van der Waals surface area contributed by atoms with Crippen molar-refractivity contribution in [2.45, 2.75) is 13.5 Å². The number of benzene rings is 1. The second kappa shape index (κ2) is 7.04. The molecule has 3 rings (SSSR count). The maximum absolute atomic E-state index is 11.5. The van der Waals surface area contributed by atoms with Crippen LogP contribution in [0.15, 0.2) is 52.1 Å². The third-order valence-electron chi connectivity index (χ3n) is 3.62. The predicted molar refractivity (Wildman–Crippen MR) is 92.5 cm³/mol. The number of hydrogen-bond acceptors (Lipinski definition) is 5. The lowest BCUT2D eigenvalue weighted by molar-refractivity contribution is -0.118. The van der Waals surface area contributed by atoms with E-state index in [4.69, 9.17) is 4.42 Å². The quantitative estimate of drug-likeness (QED) is 0.440. The number of hydrazone groups is 1. The average Bonchev–Trinajstić information content (AvgIpc) is 3.20. The van der Waals surface area contributed by atoms with Gasteiger partial charge >= 0.3 is 5.97 Å². The molecule has 0 spiro atoms. The number of rotatable bonds is 5. The number of nitrogens with zero attached hydrogens (tertiary/aromatic N) is 2. The van der Waals surface area contributed by atoms with Gasteiger partial charge in [-0.3, -0.25) is 4.79 Å². The van der Waals surface area contributed by atoms with E-state index in [0.717, 1.165) is 16.5 Å². The molecule has 0 saturated heterocycles. The highest BCUT2D eigenvalue weighted by molar-refractivity contribution is 5.99. The Bertz CT molecular complexity index is 952. The molecule has 25 heavy (non-hydrogen) atoms. The van der Waals surface area contributed by atoms with E-state index in [1.165, 1.54) is 14.0 Å². The Balaban J connectivity index is 1.91. The highest BCUT2D eigenvalue weighted by Crippen LogP contribution is 2.22. The van der Waals surface area contributed by atoms with Crippen LogP contribution >= 0.6 is 0 Å². The van der Waals surface area contributed by atoms with Gasteiger partial charge < -0.3 is 13.7 Å². The molecule has 0 fully saturated rings. The summed E-state index contributed by atoms with van der Waals surface area (Å²) in [7, 11) is 1.31. The van der Waals surface area contributed by atoms with Crippen molar-refractivity contribution >= 4 is 29.0 Å². The van der Waals surface area contributed by atoms with Gasteiger partial charge in [-0.25, -0.2) is 10.2 Å². The highest BCUT2D eigenvalue weighted by atomic mass is 16.5. The first-order chi connectivity index (χ1) is 12.1. The number of carbonyl (C=O) groups excluding carboxylic acids is 2. The van der Waals surface area contributed by atoms with Gasteiger partial charge in [0.05, 0.1) is 19.9 Å². The standard InChI is InChI=1S/C18H17N3O4/c1-12(22)20-19-9-13-10-21(16-6-4-3-5-15(13)16)11-14-7-8-17(25-14)18(23)24-2/h3-10H,11H2,1-2H3,(H,20,22)/b19-9-. The summed E-state index contributed by atoms with van der Waals surface area (Å²) in [6.07, 6.45) is 3.51. The fraction of sp³-hybridized carbons (Fsp3) is 0.167. The molecule has 128 valence electrons. The number of ether oxygens (including phenoxy) is 1. The first-order valence-corrected chi connectivity index (χ1v) is 7.63. The Morgan fingerprint density at radius 2 is 2.08 bits per heavy atom. The molecule has 0 aliphatic heterocycles. The minimum absolute atomic E-state index is 0.168. The second-order valence-electron chi connectivity index (χ2n) is 5.41.